The zero-order chi connectivity index (χ0) is 24.9. The zero-order valence-electron chi connectivity index (χ0n) is 19.1. The first-order valence-corrected chi connectivity index (χ1v) is 11.2. The van der Waals surface area contributed by atoms with Gasteiger partial charge in [0.25, 0.3) is 11.8 Å². The van der Waals surface area contributed by atoms with E-state index in [-0.39, 0.29) is 19.4 Å². The molecule has 180 valence electrons. The molecule has 0 saturated heterocycles. The molecule has 0 aliphatic carbocycles. The minimum Gasteiger partial charge on any atom is -0.481 e. The second kappa shape index (κ2) is 10.4. The maximum absolute atomic E-state index is 12.5. The number of aliphatic hydroxyl groups excluding tert-OH is 1. The number of amides is 2. The van der Waals surface area contributed by atoms with E-state index in [0.717, 1.165) is 21.7 Å². The molecule has 0 fully saturated rings. The van der Waals surface area contributed by atoms with Crippen LogP contribution in [0.15, 0.2) is 60.9 Å². The quantitative estimate of drug-likeness (QED) is 0.428. The lowest BCUT2D eigenvalue weighted by Crippen LogP contribution is -2.36. The Balaban J connectivity index is 1.33. The maximum Gasteiger partial charge on any atom is 0.309 e. The molecule has 1 aliphatic rings. The van der Waals surface area contributed by atoms with Gasteiger partial charge in [-0.3, -0.25) is 24.3 Å². The normalized spacial score (nSPS) is 14.5. The number of benzene rings is 1. The van der Waals surface area contributed by atoms with Crippen molar-refractivity contribution in [3.8, 4) is 17.1 Å². The number of hydrogen-bond donors (Lipinski definition) is 2. The number of ether oxygens (including phenoxy) is 1. The van der Waals surface area contributed by atoms with E-state index >= 15 is 0 Å². The summed E-state index contributed by atoms with van der Waals surface area (Å²) in [7, 11) is 1.54. The van der Waals surface area contributed by atoms with E-state index in [9.17, 15) is 24.6 Å². The van der Waals surface area contributed by atoms with Crippen LogP contribution in [-0.4, -0.2) is 62.6 Å². The summed E-state index contributed by atoms with van der Waals surface area (Å²) in [4.78, 5) is 46.5. The number of carboxylic acid groups (broad SMARTS) is 1. The summed E-state index contributed by atoms with van der Waals surface area (Å²) >= 11 is 0. The van der Waals surface area contributed by atoms with Crippen LogP contribution in [0.25, 0.3) is 11.3 Å². The van der Waals surface area contributed by atoms with Gasteiger partial charge in [0, 0.05) is 30.6 Å². The molecule has 0 unspecified atom stereocenters. The minimum absolute atomic E-state index is 0.0381. The molecule has 2 N–H and O–H groups in total. The molecule has 9 nitrogen and oxygen atoms in total. The van der Waals surface area contributed by atoms with E-state index in [4.69, 9.17) is 4.74 Å². The smallest absolute Gasteiger partial charge is 0.309 e. The second-order valence-corrected chi connectivity index (χ2v) is 8.29. The fourth-order valence-corrected chi connectivity index (χ4v) is 4.10. The van der Waals surface area contributed by atoms with Crippen molar-refractivity contribution in [3.63, 3.8) is 0 Å². The topological polar surface area (TPSA) is 130 Å². The average Bonchev–Trinajstić information content (AvgIpc) is 3.12. The predicted molar refractivity (Wildman–Crippen MR) is 126 cm³/mol. The summed E-state index contributed by atoms with van der Waals surface area (Å²) < 4.78 is 5.05. The molecule has 1 aliphatic heterocycles. The number of aryl methyl sites for hydroxylation is 1. The van der Waals surface area contributed by atoms with Crippen molar-refractivity contribution in [2.75, 3.05) is 13.7 Å². The van der Waals surface area contributed by atoms with Gasteiger partial charge < -0.3 is 14.9 Å². The summed E-state index contributed by atoms with van der Waals surface area (Å²) in [5.41, 5.74) is 3.03. The van der Waals surface area contributed by atoms with Gasteiger partial charge in [0.1, 0.15) is 0 Å². The van der Waals surface area contributed by atoms with Crippen molar-refractivity contribution in [1.29, 1.82) is 0 Å². The lowest BCUT2D eigenvalue weighted by molar-refractivity contribution is -0.146. The highest BCUT2D eigenvalue weighted by atomic mass is 16.5. The third-order valence-corrected chi connectivity index (χ3v) is 6.12. The van der Waals surface area contributed by atoms with E-state index in [2.05, 4.69) is 9.97 Å². The molecule has 0 bridgehead atoms. The number of hydrogen-bond acceptors (Lipinski definition) is 7. The molecule has 2 atom stereocenters. The van der Waals surface area contributed by atoms with E-state index in [1.807, 2.05) is 18.2 Å². The number of pyridine rings is 2. The van der Waals surface area contributed by atoms with Crippen molar-refractivity contribution < 1.29 is 29.3 Å². The Hall–Kier alpha value is -4.11. The standard InChI is InChI=1S/C26H25N3O6/c1-35-23-11-8-17(15-28-23)21-9-6-16(14-27-21)7-10-22(30)20(26(33)34)12-13-29-24(31)18-4-2-3-5-19(18)25(29)32/h2-6,8-9,11,14-15,20,22,30H,7,10,12-13H2,1H3,(H,33,34)/t20-,22+/m0/s1. The predicted octanol–water partition coefficient (Wildman–Crippen LogP) is 2.83. The lowest BCUT2D eigenvalue weighted by Gasteiger charge is -2.22. The SMILES string of the molecule is COc1ccc(-c2ccc(CC[C@@H](O)[C@H](CCN3C(=O)c4ccccc4C3=O)C(=O)O)cn2)cn1. The second-order valence-electron chi connectivity index (χ2n) is 8.29. The number of rotatable bonds is 10. The van der Waals surface area contributed by atoms with Gasteiger partial charge in [0.2, 0.25) is 5.88 Å². The van der Waals surface area contributed by atoms with Gasteiger partial charge >= 0.3 is 5.97 Å². The Labute approximate surface area is 202 Å². The van der Waals surface area contributed by atoms with Crippen LogP contribution in [0.5, 0.6) is 5.88 Å². The molecule has 3 heterocycles. The number of carbonyl (C=O) groups is 3. The first kappa shape index (κ1) is 24.0. The number of aromatic nitrogens is 2. The van der Waals surface area contributed by atoms with Crippen molar-refractivity contribution in [3.05, 3.63) is 77.6 Å². The molecule has 2 amide bonds. The third-order valence-electron chi connectivity index (χ3n) is 6.12. The Bertz CT molecular complexity index is 1190. The van der Waals surface area contributed by atoms with Gasteiger partial charge in [0.05, 0.1) is 36.0 Å². The molecule has 0 spiro atoms. The molecule has 2 aromatic heterocycles. The highest BCUT2D eigenvalue weighted by Gasteiger charge is 2.36. The number of carbonyl (C=O) groups excluding carboxylic acids is 2. The van der Waals surface area contributed by atoms with Crippen LogP contribution in [-0.2, 0) is 11.2 Å². The first-order valence-electron chi connectivity index (χ1n) is 11.2. The van der Waals surface area contributed by atoms with Crippen molar-refractivity contribution in [1.82, 2.24) is 14.9 Å². The third kappa shape index (κ3) is 5.20. The van der Waals surface area contributed by atoms with Crippen LogP contribution in [0, 0.1) is 5.92 Å². The van der Waals surface area contributed by atoms with Crippen LogP contribution in [0.1, 0.15) is 39.1 Å². The van der Waals surface area contributed by atoms with Gasteiger partial charge in [-0.15, -0.1) is 0 Å². The first-order chi connectivity index (χ1) is 16.9. The van der Waals surface area contributed by atoms with Crippen LogP contribution < -0.4 is 4.74 Å². The van der Waals surface area contributed by atoms with Crippen molar-refractivity contribution in [2.24, 2.45) is 5.92 Å². The number of imide groups is 1. The molecular weight excluding hydrogens is 450 g/mol. The largest absolute Gasteiger partial charge is 0.481 e. The fourth-order valence-electron chi connectivity index (χ4n) is 4.10. The minimum atomic E-state index is -1.17. The molecule has 4 rings (SSSR count). The Kier molecular flexibility index (Phi) is 7.17. The van der Waals surface area contributed by atoms with Gasteiger partial charge in [-0.05, 0) is 49.1 Å². The summed E-state index contributed by atoms with van der Waals surface area (Å²) in [6.07, 6.45) is 2.78. The fraction of sp³-hybridized carbons (Fsp3) is 0.269. The number of fused-ring (bicyclic) bond motifs is 1. The number of methoxy groups -OCH3 is 1. The molecule has 0 radical (unpaired) electrons. The van der Waals surface area contributed by atoms with E-state index in [0.29, 0.717) is 23.4 Å². The van der Waals surface area contributed by atoms with Gasteiger partial charge in [-0.2, -0.15) is 0 Å². The number of carboxylic acids is 1. The Morgan fingerprint density at radius 2 is 1.69 bits per heavy atom. The molecule has 1 aromatic carbocycles. The maximum atomic E-state index is 12.5. The summed E-state index contributed by atoms with van der Waals surface area (Å²) in [6, 6.07) is 13.8. The highest BCUT2D eigenvalue weighted by Crippen LogP contribution is 2.25. The van der Waals surface area contributed by atoms with Crippen molar-refractivity contribution >= 4 is 17.8 Å². The summed E-state index contributed by atoms with van der Waals surface area (Å²) in [5, 5.41) is 20.2. The highest BCUT2D eigenvalue weighted by molar-refractivity contribution is 6.21. The van der Waals surface area contributed by atoms with Gasteiger partial charge in [-0.25, -0.2) is 4.98 Å². The zero-order valence-corrected chi connectivity index (χ0v) is 19.1. The van der Waals surface area contributed by atoms with Crippen LogP contribution in [0.2, 0.25) is 0 Å². The molecule has 0 saturated carbocycles. The monoisotopic (exact) mass is 475 g/mol. The molecule has 3 aromatic rings. The van der Waals surface area contributed by atoms with Crippen molar-refractivity contribution in [2.45, 2.75) is 25.4 Å². The van der Waals surface area contributed by atoms with Crippen LogP contribution >= 0.6 is 0 Å². The van der Waals surface area contributed by atoms with Crippen LogP contribution in [0.4, 0.5) is 0 Å². The summed E-state index contributed by atoms with van der Waals surface area (Å²) in [5.74, 6) is -2.66. The average molecular weight is 476 g/mol. The Morgan fingerprint density at radius 3 is 2.23 bits per heavy atom. The molecular formula is C26H25N3O6. The van der Waals surface area contributed by atoms with E-state index < -0.39 is 29.8 Å². The Morgan fingerprint density at radius 1 is 0.971 bits per heavy atom. The number of aliphatic hydroxyl groups is 1. The molecule has 9 heteroatoms. The van der Waals surface area contributed by atoms with E-state index in [1.165, 1.54) is 0 Å². The lowest BCUT2D eigenvalue weighted by atomic mass is 9.93. The number of nitrogens with zero attached hydrogens (tertiary/aromatic N) is 3. The molecule has 35 heavy (non-hydrogen) atoms. The summed E-state index contributed by atoms with van der Waals surface area (Å²) in [6.45, 7) is -0.0769. The van der Waals surface area contributed by atoms with Gasteiger partial charge in [-0.1, -0.05) is 18.2 Å². The van der Waals surface area contributed by atoms with Crippen LogP contribution in [0.3, 0.4) is 0 Å². The number of aliphatic carboxylic acids is 1. The van der Waals surface area contributed by atoms with E-state index in [1.54, 1.807) is 49.8 Å². The van der Waals surface area contributed by atoms with Gasteiger partial charge in [0.15, 0.2) is 0 Å².